The summed E-state index contributed by atoms with van der Waals surface area (Å²) in [7, 11) is 0. The first-order valence-electron chi connectivity index (χ1n) is 7.79. The summed E-state index contributed by atoms with van der Waals surface area (Å²) in [5.41, 5.74) is 0. The SMILES string of the molecule is CCCC1CCCN(C2CNCC2CC)CC1. The highest BCUT2D eigenvalue weighted by molar-refractivity contribution is 4.89. The molecule has 1 N–H and O–H groups in total. The van der Waals surface area contributed by atoms with E-state index in [9.17, 15) is 0 Å². The van der Waals surface area contributed by atoms with Crippen LogP contribution in [0, 0.1) is 11.8 Å². The van der Waals surface area contributed by atoms with Crippen molar-refractivity contribution in [2.75, 3.05) is 26.2 Å². The molecule has 0 aromatic rings. The molecule has 0 spiro atoms. The fraction of sp³-hybridized carbons (Fsp3) is 1.00. The highest BCUT2D eigenvalue weighted by Gasteiger charge is 2.31. The molecular formula is C15H30N2. The number of hydrogen-bond acceptors (Lipinski definition) is 2. The molecule has 0 aromatic carbocycles. The third-order valence-electron chi connectivity index (χ3n) is 4.88. The summed E-state index contributed by atoms with van der Waals surface area (Å²) < 4.78 is 0. The Labute approximate surface area is 107 Å². The molecule has 2 heterocycles. The Morgan fingerprint density at radius 3 is 2.76 bits per heavy atom. The molecule has 0 saturated carbocycles. The minimum atomic E-state index is 0.834. The molecule has 2 heteroatoms. The van der Waals surface area contributed by atoms with Gasteiger partial charge in [-0.1, -0.05) is 33.1 Å². The van der Waals surface area contributed by atoms with Crippen molar-refractivity contribution in [2.24, 2.45) is 11.8 Å². The van der Waals surface area contributed by atoms with Crippen molar-refractivity contribution in [3.05, 3.63) is 0 Å². The minimum Gasteiger partial charge on any atom is -0.315 e. The third kappa shape index (κ3) is 3.45. The molecule has 2 nitrogen and oxygen atoms in total. The van der Waals surface area contributed by atoms with Crippen LogP contribution < -0.4 is 5.32 Å². The molecule has 0 aliphatic carbocycles. The van der Waals surface area contributed by atoms with Crippen LogP contribution in [0.15, 0.2) is 0 Å². The number of rotatable bonds is 4. The van der Waals surface area contributed by atoms with Gasteiger partial charge in [0.2, 0.25) is 0 Å². The van der Waals surface area contributed by atoms with Crippen LogP contribution in [0.4, 0.5) is 0 Å². The van der Waals surface area contributed by atoms with E-state index in [0.29, 0.717) is 0 Å². The van der Waals surface area contributed by atoms with E-state index >= 15 is 0 Å². The quantitative estimate of drug-likeness (QED) is 0.810. The van der Waals surface area contributed by atoms with Gasteiger partial charge in [0.05, 0.1) is 0 Å². The maximum atomic E-state index is 3.59. The van der Waals surface area contributed by atoms with Crippen molar-refractivity contribution in [1.29, 1.82) is 0 Å². The van der Waals surface area contributed by atoms with E-state index < -0.39 is 0 Å². The Bertz CT molecular complexity index is 217. The molecule has 2 saturated heterocycles. The van der Waals surface area contributed by atoms with Crippen LogP contribution in [-0.2, 0) is 0 Å². The summed E-state index contributed by atoms with van der Waals surface area (Å²) in [6, 6.07) is 0.834. The first kappa shape index (κ1) is 13.4. The Morgan fingerprint density at radius 1 is 1.12 bits per heavy atom. The molecule has 2 aliphatic rings. The van der Waals surface area contributed by atoms with E-state index in [1.54, 1.807) is 0 Å². The average Bonchev–Trinajstić information content (AvgIpc) is 2.70. The lowest BCUT2D eigenvalue weighted by Crippen LogP contribution is -2.41. The largest absolute Gasteiger partial charge is 0.315 e. The molecular weight excluding hydrogens is 208 g/mol. The number of likely N-dealkylation sites (tertiary alicyclic amines) is 1. The molecule has 0 bridgehead atoms. The van der Waals surface area contributed by atoms with Gasteiger partial charge in [-0.25, -0.2) is 0 Å². The molecule has 17 heavy (non-hydrogen) atoms. The normalized spacial score (nSPS) is 36.0. The van der Waals surface area contributed by atoms with Gasteiger partial charge in [0.25, 0.3) is 0 Å². The maximum absolute atomic E-state index is 3.59. The van der Waals surface area contributed by atoms with Gasteiger partial charge in [-0.2, -0.15) is 0 Å². The summed E-state index contributed by atoms with van der Waals surface area (Å²) in [6.45, 7) is 9.86. The second-order valence-corrected chi connectivity index (χ2v) is 6.02. The van der Waals surface area contributed by atoms with Gasteiger partial charge < -0.3 is 5.32 Å². The number of nitrogens with one attached hydrogen (secondary N) is 1. The molecule has 3 atom stereocenters. The van der Waals surface area contributed by atoms with E-state index in [2.05, 4.69) is 24.1 Å². The van der Waals surface area contributed by atoms with Crippen LogP contribution in [0.2, 0.25) is 0 Å². The Kier molecular flexibility index (Phi) is 5.30. The second kappa shape index (κ2) is 6.75. The van der Waals surface area contributed by atoms with Crippen molar-refractivity contribution < 1.29 is 0 Å². The van der Waals surface area contributed by atoms with Gasteiger partial charge in [-0.3, -0.25) is 4.90 Å². The summed E-state index contributed by atoms with van der Waals surface area (Å²) in [5.74, 6) is 1.91. The van der Waals surface area contributed by atoms with Gasteiger partial charge >= 0.3 is 0 Å². The first-order valence-corrected chi connectivity index (χ1v) is 7.79. The maximum Gasteiger partial charge on any atom is 0.0260 e. The van der Waals surface area contributed by atoms with Crippen molar-refractivity contribution in [2.45, 2.75) is 58.4 Å². The zero-order valence-corrected chi connectivity index (χ0v) is 11.8. The number of nitrogens with zero attached hydrogens (tertiary/aromatic N) is 1. The van der Waals surface area contributed by atoms with Crippen LogP contribution in [0.1, 0.15) is 52.4 Å². The molecule has 0 amide bonds. The van der Waals surface area contributed by atoms with Gasteiger partial charge in [0.1, 0.15) is 0 Å². The van der Waals surface area contributed by atoms with Crippen LogP contribution >= 0.6 is 0 Å². The predicted molar refractivity (Wildman–Crippen MR) is 74.3 cm³/mol. The fourth-order valence-electron chi connectivity index (χ4n) is 3.78. The minimum absolute atomic E-state index is 0.834. The molecule has 3 unspecified atom stereocenters. The van der Waals surface area contributed by atoms with Crippen LogP contribution in [0.25, 0.3) is 0 Å². The predicted octanol–water partition coefficient (Wildman–Crippen LogP) is 2.89. The zero-order chi connectivity index (χ0) is 12.1. The van der Waals surface area contributed by atoms with Crippen LogP contribution in [0.5, 0.6) is 0 Å². The summed E-state index contributed by atoms with van der Waals surface area (Å²) in [4.78, 5) is 2.80. The first-order chi connectivity index (χ1) is 8.35. The van der Waals surface area contributed by atoms with Crippen LogP contribution in [-0.4, -0.2) is 37.1 Å². The fourth-order valence-corrected chi connectivity index (χ4v) is 3.78. The average molecular weight is 238 g/mol. The van der Waals surface area contributed by atoms with E-state index in [1.165, 1.54) is 64.7 Å². The molecule has 0 aromatic heterocycles. The van der Waals surface area contributed by atoms with E-state index in [4.69, 9.17) is 0 Å². The Morgan fingerprint density at radius 2 is 2.00 bits per heavy atom. The molecule has 0 radical (unpaired) electrons. The molecule has 2 fully saturated rings. The smallest absolute Gasteiger partial charge is 0.0260 e. The highest BCUT2D eigenvalue weighted by atomic mass is 15.2. The number of hydrogen-bond donors (Lipinski definition) is 1. The van der Waals surface area contributed by atoms with Crippen molar-refractivity contribution in [3.63, 3.8) is 0 Å². The van der Waals surface area contributed by atoms with E-state index in [1.807, 2.05) is 0 Å². The van der Waals surface area contributed by atoms with Gasteiger partial charge in [-0.15, -0.1) is 0 Å². The van der Waals surface area contributed by atoms with Crippen LogP contribution in [0.3, 0.4) is 0 Å². The third-order valence-corrected chi connectivity index (χ3v) is 4.88. The lowest BCUT2D eigenvalue weighted by Gasteiger charge is -2.31. The highest BCUT2D eigenvalue weighted by Crippen LogP contribution is 2.26. The standard InChI is InChI=1S/C15H30N2/c1-3-6-13-7-5-9-17(10-8-13)15-12-16-11-14(15)4-2/h13-16H,3-12H2,1-2H3. The topological polar surface area (TPSA) is 15.3 Å². The summed E-state index contributed by atoms with van der Waals surface area (Å²) in [5, 5.41) is 3.59. The second-order valence-electron chi connectivity index (χ2n) is 6.02. The monoisotopic (exact) mass is 238 g/mol. The van der Waals surface area contributed by atoms with Gasteiger partial charge in [-0.05, 0) is 50.7 Å². The molecule has 100 valence electrons. The van der Waals surface area contributed by atoms with Gasteiger partial charge in [0.15, 0.2) is 0 Å². The van der Waals surface area contributed by atoms with Crippen molar-refractivity contribution in [3.8, 4) is 0 Å². The van der Waals surface area contributed by atoms with Crippen molar-refractivity contribution >= 4 is 0 Å². The zero-order valence-electron chi connectivity index (χ0n) is 11.8. The van der Waals surface area contributed by atoms with Crippen molar-refractivity contribution in [1.82, 2.24) is 10.2 Å². The Hall–Kier alpha value is -0.0800. The molecule has 2 rings (SSSR count). The van der Waals surface area contributed by atoms with E-state index in [-0.39, 0.29) is 0 Å². The summed E-state index contributed by atoms with van der Waals surface area (Å²) >= 11 is 0. The lowest BCUT2D eigenvalue weighted by atomic mass is 9.96. The lowest BCUT2D eigenvalue weighted by molar-refractivity contribution is 0.173. The van der Waals surface area contributed by atoms with Gasteiger partial charge in [0, 0.05) is 12.6 Å². The van der Waals surface area contributed by atoms with E-state index in [0.717, 1.165) is 17.9 Å². The Balaban J connectivity index is 1.85. The molecule has 2 aliphatic heterocycles. The summed E-state index contributed by atoms with van der Waals surface area (Å²) in [6.07, 6.45) is 8.51.